The summed E-state index contributed by atoms with van der Waals surface area (Å²) in [6, 6.07) is 24.7. The Hall–Kier alpha value is -3.44. The van der Waals surface area contributed by atoms with E-state index in [9.17, 15) is 8.42 Å². The minimum atomic E-state index is -3.78. The van der Waals surface area contributed by atoms with Crippen LogP contribution >= 0.6 is 11.6 Å². The molecular formula is C22H15ClN4O2S. The molecule has 0 unspecified atom stereocenters. The molecule has 0 radical (unpaired) electrons. The Morgan fingerprint density at radius 3 is 2.07 bits per heavy atom. The van der Waals surface area contributed by atoms with E-state index < -0.39 is 10.0 Å². The quantitative estimate of drug-likeness (QED) is 0.514. The van der Waals surface area contributed by atoms with Gasteiger partial charge in [0.2, 0.25) is 10.0 Å². The van der Waals surface area contributed by atoms with Crippen molar-refractivity contribution >= 4 is 21.6 Å². The molecule has 0 aliphatic carbocycles. The van der Waals surface area contributed by atoms with E-state index in [-0.39, 0.29) is 4.90 Å². The second-order valence-corrected chi connectivity index (χ2v) is 8.56. The highest BCUT2D eigenvalue weighted by atomic mass is 35.5. The van der Waals surface area contributed by atoms with Gasteiger partial charge in [0.25, 0.3) is 0 Å². The average Bonchev–Trinajstić information content (AvgIpc) is 3.19. The summed E-state index contributed by atoms with van der Waals surface area (Å²) in [5.74, 6) is 0. The lowest BCUT2D eigenvalue weighted by Gasteiger charge is -2.08. The largest absolute Gasteiger partial charge is 0.238 e. The van der Waals surface area contributed by atoms with Gasteiger partial charge in [-0.3, -0.25) is 0 Å². The molecule has 30 heavy (non-hydrogen) atoms. The molecule has 0 aliphatic rings. The number of aromatic nitrogens is 2. The predicted octanol–water partition coefficient (Wildman–Crippen LogP) is 4.38. The van der Waals surface area contributed by atoms with Crippen molar-refractivity contribution in [1.82, 2.24) is 9.78 Å². The van der Waals surface area contributed by atoms with Gasteiger partial charge in [-0.1, -0.05) is 35.9 Å². The summed E-state index contributed by atoms with van der Waals surface area (Å²) < 4.78 is 24.9. The first-order chi connectivity index (χ1) is 14.3. The summed E-state index contributed by atoms with van der Waals surface area (Å²) in [5, 5.41) is 19.6. The van der Waals surface area contributed by atoms with Crippen molar-refractivity contribution in [3.63, 3.8) is 0 Å². The van der Waals surface area contributed by atoms with E-state index in [1.54, 1.807) is 41.1 Å². The maximum atomic E-state index is 11.6. The molecule has 1 aromatic heterocycles. The number of nitriles is 1. The monoisotopic (exact) mass is 434 g/mol. The first-order valence-electron chi connectivity index (χ1n) is 8.85. The molecule has 1 heterocycles. The predicted molar refractivity (Wildman–Crippen MR) is 116 cm³/mol. The summed E-state index contributed by atoms with van der Waals surface area (Å²) in [7, 11) is -3.78. The van der Waals surface area contributed by atoms with Crippen molar-refractivity contribution in [1.29, 1.82) is 5.26 Å². The molecule has 0 saturated carbocycles. The number of benzene rings is 3. The number of primary sulfonamides is 1. The Bertz CT molecular complexity index is 1350. The van der Waals surface area contributed by atoms with Crippen LogP contribution < -0.4 is 5.14 Å². The standard InChI is InChI=1S/C22H15ClN4O2S/c23-18-7-5-17(6-8-18)22-13-21(16-3-1-15(14-24)2-4-16)26-27(22)19-9-11-20(12-10-19)30(25,28)29/h1-13H,(H2,25,28,29). The Labute approximate surface area is 178 Å². The van der Waals surface area contributed by atoms with E-state index in [4.69, 9.17) is 27.1 Å². The van der Waals surface area contributed by atoms with Gasteiger partial charge in [-0.2, -0.15) is 10.4 Å². The Kier molecular flexibility index (Phi) is 5.14. The van der Waals surface area contributed by atoms with E-state index in [0.29, 0.717) is 22.0 Å². The van der Waals surface area contributed by atoms with Crippen LogP contribution in [-0.4, -0.2) is 18.2 Å². The van der Waals surface area contributed by atoms with Crippen LogP contribution in [0.4, 0.5) is 0 Å². The van der Waals surface area contributed by atoms with Crippen LogP contribution in [0.15, 0.2) is 83.8 Å². The topological polar surface area (TPSA) is 102 Å². The van der Waals surface area contributed by atoms with Gasteiger partial charge in [-0.25, -0.2) is 18.2 Å². The number of halogens is 1. The molecule has 0 bridgehead atoms. The molecule has 0 fully saturated rings. The highest BCUT2D eigenvalue weighted by Crippen LogP contribution is 2.30. The molecule has 6 nitrogen and oxygen atoms in total. The van der Waals surface area contributed by atoms with Gasteiger partial charge >= 0.3 is 0 Å². The summed E-state index contributed by atoms with van der Waals surface area (Å²) in [5.41, 5.74) is 4.49. The Morgan fingerprint density at radius 2 is 1.50 bits per heavy atom. The highest BCUT2D eigenvalue weighted by molar-refractivity contribution is 7.89. The zero-order chi connectivity index (χ0) is 21.3. The summed E-state index contributed by atoms with van der Waals surface area (Å²) in [4.78, 5) is 0.0266. The lowest BCUT2D eigenvalue weighted by atomic mass is 10.1. The molecule has 0 atom stereocenters. The Balaban J connectivity index is 1.86. The lowest BCUT2D eigenvalue weighted by Crippen LogP contribution is -2.12. The van der Waals surface area contributed by atoms with Gasteiger partial charge in [0, 0.05) is 16.1 Å². The van der Waals surface area contributed by atoms with Crippen LogP contribution in [0, 0.1) is 11.3 Å². The molecule has 0 aliphatic heterocycles. The average molecular weight is 435 g/mol. The minimum absolute atomic E-state index is 0.0266. The summed E-state index contributed by atoms with van der Waals surface area (Å²) in [6.45, 7) is 0. The fraction of sp³-hybridized carbons (Fsp3) is 0. The molecule has 0 saturated heterocycles. The number of hydrogen-bond donors (Lipinski definition) is 1. The van der Waals surface area contributed by atoms with Crippen LogP contribution in [0.2, 0.25) is 5.02 Å². The Morgan fingerprint density at radius 1 is 0.900 bits per heavy atom. The third-order valence-corrected chi connectivity index (χ3v) is 5.75. The molecule has 8 heteroatoms. The van der Waals surface area contributed by atoms with Gasteiger partial charge in [0.1, 0.15) is 0 Å². The van der Waals surface area contributed by atoms with Crippen LogP contribution in [0.3, 0.4) is 0 Å². The van der Waals surface area contributed by atoms with Gasteiger partial charge in [-0.05, 0) is 54.6 Å². The second kappa shape index (κ2) is 7.76. The van der Waals surface area contributed by atoms with Crippen molar-refractivity contribution in [2.75, 3.05) is 0 Å². The van der Waals surface area contributed by atoms with Gasteiger partial charge in [0.15, 0.2) is 0 Å². The number of nitrogens with zero attached hydrogens (tertiary/aromatic N) is 3. The number of sulfonamides is 1. The zero-order valence-electron chi connectivity index (χ0n) is 15.5. The molecule has 0 spiro atoms. The maximum Gasteiger partial charge on any atom is 0.238 e. The summed E-state index contributed by atoms with van der Waals surface area (Å²) >= 11 is 6.03. The molecule has 3 aromatic carbocycles. The summed E-state index contributed by atoms with van der Waals surface area (Å²) in [6.07, 6.45) is 0. The van der Waals surface area contributed by atoms with Crippen molar-refractivity contribution in [3.8, 4) is 34.3 Å². The highest BCUT2D eigenvalue weighted by Gasteiger charge is 2.15. The van der Waals surface area contributed by atoms with E-state index in [0.717, 1.165) is 16.8 Å². The van der Waals surface area contributed by atoms with Crippen molar-refractivity contribution in [2.45, 2.75) is 4.90 Å². The molecule has 4 rings (SSSR count). The molecule has 2 N–H and O–H groups in total. The fourth-order valence-corrected chi connectivity index (χ4v) is 3.68. The smallest absolute Gasteiger partial charge is 0.232 e. The van der Waals surface area contributed by atoms with Crippen LogP contribution in [0.5, 0.6) is 0 Å². The fourth-order valence-electron chi connectivity index (χ4n) is 3.04. The van der Waals surface area contributed by atoms with E-state index >= 15 is 0 Å². The molecular weight excluding hydrogens is 420 g/mol. The minimum Gasteiger partial charge on any atom is -0.232 e. The SMILES string of the molecule is N#Cc1ccc(-c2cc(-c3ccc(Cl)cc3)n(-c3ccc(S(N)(=O)=O)cc3)n2)cc1. The molecule has 148 valence electrons. The number of rotatable bonds is 4. The molecule has 4 aromatic rings. The van der Waals surface area contributed by atoms with E-state index in [1.165, 1.54) is 12.1 Å². The first-order valence-corrected chi connectivity index (χ1v) is 10.8. The van der Waals surface area contributed by atoms with Crippen molar-refractivity contribution in [3.05, 3.63) is 89.4 Å². The van der Waals surface area contributed by atoms with Crippen molar-refractivity contribution in [2.24, 2.45) is 5.14 Å². The third-order valence-electron chi connectivity index (χ3n) is 4.57. The van der Waals surface area contributed by atoms with Crippen molar-refractivity contribution < 1.29 is 8.42 Å². The number of nitrogens with two attached hydrogens (primary N) is 1. The number of hydrogen-bond acceptors (Lipinski definition) is 4. The maximum absolute atomic E-state index is 11.6. The normalized spacial score (nSPS) is 11.2. The van der Waals surface area contributed by atoms with Crippen LogP contribution in [0.25, 0.3) is 28.2 Å². The zero-order valence-corrected chi connectivity index (χ0v) is 17.1. The van der Waals surface area contributed by atoms with Crippen LogP contribution in [-0.2, 0) is 10.0 Å². The van der Waals surface area contributed by atoms with E-state index in [2.05, 4.69) is 6.07 Å². The van der Waals surface area contributed by atoms with E-state index in [1.807, 2.05) is 30.3 Å². The third kappa shape index (κ3) is 3.98. The second-order valence-electron chi connectivity index (χ2n) is 6.56. The van der Waals surface area contributed by atoms with Crippen LogP contribution in [0.1, 0.15) is 5.56 Å². The van der Waals surface area contributed by atoms with Gasteiger partial charge in [0.05, 0.1) is 33.6 Å². The van der Waals surface area contributed by atoms with Gasteiger partial charge < -0.3 is 0 Å². The first kappa shape index (κ1) is 19.9. The van der Waals surface area contributed by atoms with Gasteiger partial charge in [-0.15, -0.1) is 0 Å². The lowest BCUT2D eigenvalue weighted by molar-refractivity contribution is 0.598. The molecule has 0 amide bonds.